The molecule has 1 rings (SSSR count). The fourth-order valence-electron chi connectivity index (χ4n) is 0.786. The number of aromatic nitrogens is 2. The lowest BCUT2D eigenvalue weighted by molar-refractivity contribution is 0.963. The molecule has 0 aliphatic carbocycles. The van der Waals surface area contributed by atoms with Crippen LogP contribution in [0.2, 0.25) is 0 Å². The predicted molar refractivity (Wildman–Crippen MR) is 48.7 cm³/mol. The Balaban J connectivity index is 2.68. The maximum absolute atomic E-state index is 5.18. The largest absolute Gasteiger partial charge is 0.370 e. The van der Waals surface area contributed by atoms with Crippen molar-refractivity contribution >= 4 is 5.82 Å². The topological polar surface area (TPSA) is 37.8 Å². The molecule has 12 heavy (non-hydrogen) atoms. The Hall–Kier alpha value is -1.56. The van der Waals surface area contributed by atoms with Crippen LogP contribution in [0, 0.1) is 12.3 Å². The molecule has 0 radical (unpaired) electrons. The van der Waals surface area contributed by atoms with Crippen molar-refractivity contribution in [2.45, 2.75) is 13.3 Å². The van der Waals surface area contributed by atoms with Gasteiger partial charge < -0.3 is 5.32 Å². The summed E-state index contributed by atoms with van der Waals surface area (Å²) < 4.78 is 0. The van der Waals surface area contributed by atoms with Gasteiger partial charge in [0.2, 0.25) is 0 Å². The first-order valence-electron chi connectivity index (χ1n) is 3.89. The Kier molecular flexibility index (Phi) is 3.09. The second-order valence-electron chi connectivity index (χ2n) is 2.36. The number of hydrogen-bond donors (Lipinski definition) is 1. The van der Waals surface area contributed by atoms with Crippen molar-refractivity contribution in [3.63, 3.8) is 0 Å². The van der Waals surface area contributed by atoms with Crippen LogP contribution in [-0.4, -0.2) is 16.5 Å². The molecule has 0 atom stereocenters. The van der Waals surface area contributed by atoms with E-state index in [4.69, 9.17) is 6.42 Å². The quantitative estimate of drug-likeness (QED) is 0.678. The summed E-state index contributed by atoms with van der Waals surface area (Å²) in [7, 11) is 0. The van der Waals surface area contributed by atoms with Crippen molar-refractivity contribution in [3.05, 3.63) is 18.1 Å². The third kappa shape index (κ3) is 2.24. The van der Waals surface area contributed by atoms with Crippen LogP contribution in [-0.2, 0) is 0 Å². The minimum Gasteiger partial charge on any atom is -0.370 e. The molecule has 0 fully saturated rings. The molecule has 1 aromatic rings. The molecule has 0 saturated heterocycles. The molecular weight excluding hydrogens is 150 g/mol. The summed E-state index contributed by atoms with van der Waals surface area (Å²) in [6.45, 7) is 3.00. The molecule has 0 spiro atoms. The van der Waals surface area contributed by atoms with E-state index in [1.165, 1.54) is 6.33 Å². The second kappa shape index (κ2) is 4.35. The molecule has 1 aromatic heterocycles. The molecule has 62 valence electrons. The smallest absolute Gasteiger partial charge is 0.130 e. The van der Waals surface area contributed by atoms with Gasteiger partial charge in [0.05, 0.1) is 0 Å². The second-order valence-corrected chi connectivity index (χ2v) is 2.36. The highest BCUT2D eigenvalue weighted by atomic mass is 15.0. The summed E-state index contributed by atoms with van der Waals surface area (Å²) in [5.41, 5.74) is 0.614. The van der Waals surface area contributed by atoms with Crippen molar-refractivity contribution in [1.82, 2.24) is 9.97 Å². The Morgan fingerprint density at radius 2 is 2.42 bits per heavy atom. The summed E-state index contributed by atoms with van der Waals surface area (Å²) >= 11 is 0. The number of nitrogens with one attached hydrogen (secondary N) is 1. The molecule has 0 saturated carbocycles. The number of terminal acetylenes is 1. The van der Waals surface area contributed by atoms with E-state index >= 15 is 0 Å². The monoisotopic (exact) mass is 161 g/mol. The van der Waals surface area contributed by atoms with Crippen LogP contribution in [0.4, 0.5) is 5.82 Å². The molecule has 0 aromatic carbocycles. The minimum absolute atomic E-state index is 0.614. The molecular formula is C9H11N3. The third-order valence-corrected chi connectivity index (χ3v) is 1.37. The first-order chi connectivity index (χ1) is 5.86. The van der Waals surface area contributed by atoms with Crippen LogP contribution in [0.15, 0.2) is 12.4 Å². The Bertz CT molecular complexity index is 288. The molecule has 0 unspecified atom stereocenters. The van der Waals surface area contributed by atoms with E-state index in [2.05, 4.69) is 28.1 Å². The highest BCUT2D eigenvalue weighted by molar-refractivity contribution is 5.39. The van der Waals surface area contributed by atoms with E-state index in [0.29, 0.717) is 5.69 Å². The maximum atomic E-state index is 5.18. The van der Waals surface area contributed by atoms with Gasteiger partial charge in [-0.25, -0.2) is 9.97 Å². The van der Waals surface area contributed by atoms with Crippen molar-refractivity contribution in [3.8, 4) is 12.3 Å². The van der Waals surface area contributed by atoms with Crippen LogP contribution < -0.4 is 5.32 Å². The first kappa shape index (κ1) is 8.54. The van der Waals surface area contributed by atoms with Gasteiger partial charge in [-0.15, -0.1) is 6.42 Å². The van der Waals surface area contributed by atoms with Crippen molar-refractivity contribution in [2.75, 3.05) is 11.9 Å². The zero-order valence-corrected chi connectivity index (χ0v) is 7.04. The summed E-state index contributed by atoms with van der Waals surface area (Å²) in [6.07, 6.45) is 7.71. The summed E-state index contributed by atoms with van der Waals surface area (Å²) in [6, 6.07) is 1.76. The van der Waals surface area contributed by atoms with Crippen LogP contribution in [0.25, 0.3) is 0 Å². The van der Waals surface area contributed by atoms with E-state index in [9.17, 15) is 0 Å². The molecule has 0 aliphatic rings. The van der Waals surface area contributed by atoms with E-state index in [-0.39, 0.29) is 0 Å². The van der Waals surface area contributed by atoms with Gasteiger partial charge in [-0.3, -0.25) is 0 Å². The van der Waals surface area contributed by atoms with E-state index in [1.54, 1.807) is 6.07 Å². The lowest BCUT2D eigenvalue weighted by Gasteiger charge is -2.01. The van der Waals surface area contributed by atoms with Crippen molar-refractivity contribution in [1.29, 1.82) is 0 Å². The van der Waals surface area contributed by atoms with Crippen LogP contribution in [0.5, 0.6) is 0 Å². The van der Waals surface area contributed by atoms with Gasteiger partial charge in [-0.05, 0) is 6.42 Å². The summed E-state index contributed by atoms with van der Waals surface area (Å²) in [5.74, 6) is 3.24. The van der Waals surface area contributed by atoms with Crippen LogP contribution in [0.3, 0.4) is 0 Å². The SMILES string of the molecule is C#Cc1cc(NCCC)ncn1. The standard InChI is InChI=1S/C9H11N3/c1-3-5-10-9-6-8(4-2)11-7-12-9/h2,6-7H,3,5H2,1H3,(H,10,11,12). The Morgan fingerprint density at radius 3 is 3.08 bits per heavy atom. The number of anilines is 1. The Labute approximate surface area is 72.2 Å². The molecule has 1 N–H and O–H groups in total. The highest BCUT2D eigenvalue weighted by Crippen LogP contribution is 2.01. The molecule has 1 heterocycles. The van der Waals surface area contributed by atoms with Gasteiger partial charge in [0.1, 0.15) is 17.8 Å². The zero-order valence-electron chi connectivity index (χ0n) is 7.04. The van der Waals surface area contributed by atoms with Crippen molar-refractivity contribution < 1.29 is 0 Å². The maximum Gasteiger partial charge on any atom is 0.130 e. The normalized spacial score (nSPS) is 9.00. The van der Waals surface area contributed by atoms with Gasteiger partial charge in [0.25, 0.3) is 0 Å². The van der Waals surface area contributed by atoms with Gasteiger partial charge in [0, 0.05) is 12.6 Å². The van der Waals surface area contributed by atoms with Gasteiger partial charge in [-0.1, -0.05) is 12.8 Å². The lowest BCUT2D eigenvalue weighted by atomic mass is 10.4. The molecule has 3 heteroatoms. The van der Waals surface area contributed by atoms with Gasteiger partial charge in [-0.2, -0.15) is 0 Å². The third-order valence-electron chi connectivity index (χ3n) is 1.37. The average molecular weight is 161 g/mol. The molecule has 0 amide bonds. The summed E-state index contributed by atoms with van der Waals surface area (Å²) in [4.78, 5) is 7.89. The summed E-state index contributed by atoms with van der Waals surface area (Å²) in [5, 5.41) is 3.12. The zero-order chi connectivity index (χ0) is 8.81. The number of nitrogens with zero attached hydrogens (tertiary/aromatic N) is 2. The fourth-order valence-corrected chi connectivity index (χ4v) is 0.786. The fraction of sp³-hybridized carbons (Fsp3) is 0.333. The van der Waals surface area contributed by atoms with Crippen LogP contribution >= 0.6 is 0 Å². The van der Waals surface area contributed by atoms with Gasteiger partial charge >= 0.3 is 0 Å². The highest BCUT2D eigenvalue weighted by Gasteiger charge is 1.93. The lowest BCUT2D eigenvalue weighted by Crippen LogP contribution is -2.02. The molecule has 0 bridgehead atoms. The number of rotatable bonds is 3. The van der Waals surface area contributed by atoms with Gasteiger partial charge in [0.15, 0.2) is 0 Å². The van der Waals surface area contributed by atoms with Crippen molar-refractivity contribution in [2.24, 2.45) is 0 Å². The molecule has 0 aliphatic heterocycles. The minimum atomic E-state index is 0.614. The number of hydrogen-bond acceptors (Lipinski definition) is 3. The predicted octanol–water partition coefficient (Wildman–Crippen LogP) is 1.28. The molecule has 3 nitrogen and oxygen atoms in total. The van der Waals surface area contributed by atoms with E-state index in [1.807, 2.05) is 0 Å². The van der Waals surface area contributed by atoms with E-state index in [0.717, 1.165) is 18.8 Å². The Morgan fingerprint density at radius 1 is 1.58 bits per heavy atom. The first-order valence-corrected chi connectivity index (χ1v) is 3.89. The average Bonchev–Trinajstić information content (AvgIpc) is 2.15. The van der Waals surface area contributed by atoms with E-state index < -0.39 is 0 Å². The van der Waals surface area contributed by atoms with Crippen LogP contribution in [0.1, 0.15) is 19.0 Å².